The van der Waals surface area contributed by atoms with Crippen molar-refractivity contribution in [3.63, 3.8) is 0 Å². The smallest absolute Gasteiger partial charge is 0.267 e. The van der Waals surface area contributed by atoms with Gasteiger partial charge < -0.3 is 0 Å². The Morgan fingerprint density at radius 3 is 2.61 bits per heavy atom. The molecular weight excluding hydrogens is 315 g/mol. The van der Waals surface area contributed by atoms with Gasteiger partial charge in [0.2, 0.25) is 0 Å². The maximum absolute atomic E-state index is 13.9. The van der Waals surface area contributed by atoms with Gasteiger partial charge in [-0.05, 0) is 30.7 Å². The summed E-state index contributed by atoms with van der Waals surface area (Å²) in [5.74, 6) is -0.451. The molecule has 3 rings (SSSR count). The summed E-state index contributed by atoms with van der Waals surface area (Å²) in [7, 11) is 0. The van der Waals surface area contributed by atoms with Crippen LogP contribution in [0.25, 0.3) is 11.3 Å². The first kappa shape index (κ1) is 15.4. The number of hydrogen-bond acceptors (Lipinski definition) is 2. The third-order valence-corrected chi connectivity index (χ3v) is 4.01. The molecule has 0 radical (unpaired) electrons. The third-order valence-electron chi connectivity index (χ3n) is 3.66. The quantitative estimate of drug-likeness (QED) is 0.726. The average molecular weight is 329 g/mol. The van der Waals surface area contributed by atoms with Crippen molar-refractivity contribution in [2.75, 3.05) is 0 Å². The summed E-state index contributed by atoms with van der Waals surface area (Å²) in [5, 5.41) is 4.64. The highest BCUT2D eigenvalue weighted by molar-refractivity contribution is 6.31. The van der Waals surface area contributed by atoms with Crippen LogP contribution in [0.4, 0.5) is 4.39 Å². The van der Waals surface area contributed by atoms with Crippen LogP contribution < -0.4 is 5.56 Å². The van der Waals surface area contributed by atoms with E-state index in [1.165, 1.54) is 22.9 Å². The van der Waals surface area contributed by atoms with Crippen molar-refractivity contribution < 1.29 is 4.39 Å². The molecule has 23 heavy (non-hydrogen) atoms. The highest BCUT2D eigenvalue weighted by atomic mass is 35.5. The van der Waals surface area contributed by atoms with E-state index in [0.717, 1.165) is 11.1 Å². The lowest BCUT2D eigenvalue weighted by atomic mass is 10.1. The van der Waals surface area contributed by atoms with Crippen molar-refractivity contribution >= 4 is 11.6 Å². The summed E-state index contributed by atoms with van der Waals surface area (Å²) in [4.78, 5) is 12.0. The molecule has 0 atom stereocenters. The van der Waals surface area contributed by atoms with Crippen LogP contribution in [0.2, 0.25) is 5.02 Å². The van der Waals surface area contributed by atoms with Gasteiger partial charge in [-0.2, -0.15) is 5.10 Å². The maximum atomic E-state index is 13.9. The summed E-state index contributed by atoms with van der Waals surface area (Å²) >= 11 is 6.03. The van der Waals surface area contributed by atoms with Crippen LogP contribution in [-0.2, 0) is 6.54 Å². The second-order valence-electron chi connectivity index (χ2n) is 5.23. The molecule has 0 bridgehead atoms. The first-order chi connectivity index (χ1) is 11.1. The van der Waals surface area contributed by atoms with Gasteiger partial charge in [-0.3, -0.25) is 4.79 Å². The Hall–Kier alpha value is -2.46. The van der Waals surface area contributed by atoms with Gasteiger partial charge in [0.1, 0.15) is 5.82 Å². The molecule has 0 amide bonds. The molecule has 0 saturated heterocycles. The van der Waals surface area contributed by atoms with Crippen molar-refractivity contribution in [2.45, 2.75) is 13.5 Å². The summed E-state index contributed by atoms with van der Waals surface area (Å²) in [5.41, 5.74) is 2.59. The van der Waals surface area contributed by atoms with E-state index in [1.54, 1.807) is 12.1 Å². The predicted molar refractivity (Wildman–Crippen MR) is 89.2 cm³/mol. The average Bonchev–Trinajstić information content (AvgIpc) is 2.53. The molecular formula is C18H14ClFN2O. The second-order valence-corrected chi connectivity index (χ2v) is 5.64. The Labute approximate surface area is 138 Å². The fraction of sp³-hybridized carbons (Fsp3) is 0.111. The lowest BCUT2D eigenvalue weighted by Gasteiger charge is -2.10. The molecule has 0 aliphatic carbocycles. The van der Waals surface area contributed by atoms with E-state index in [2.05, 4.69) is 5.10 Å². The van der Waals surface area contributed by atoms with Gasteiger partial charge in [0.15, 0.2) is 0 Å². The summed E-state index contributed by atoms with van der Waals surface area (Å²) in [6.45, 7) is 1.96. The second kappa shape index (κ2) is 6.34. The Bertz CT molecular complexity index is 901. The highest BCUT2D eigenvalue weighted by Gasteiger charge is 2.11. The molecule has 2 aromatic carbocycles. The zero-order valence-electron chi connectivity index (χ0n) is 12.5. The summed E-state index contributed by atoms with van der Waals surface area (Å²) in [6.07, 6.45) is 0. The van der Waals surface area contributed by atoms with Crippen LogP contribution in [0.5, 0.6) is 0 Å². The summed E-state index contributed by atoms with van der Waals surface area (Å²) in [6, 6.07) is 15.3. The molecule has 0 aliphatic rings. The lowest BCUT2D eigenvalue weighted by Crippen LogP contribution is -2.23. The van der Waals surface area contributed by atoms with Gasteiger partial charge in [0.05, 0.1) is 12.2 Å². The number of halogens is 2. The molecule has 0 N–H and O–H groups in total. The SMILES string of the molecule is Cc1ccccc1-c1ccc(=O)n(Cc2c(F)cccc2Cl)n1. The first-order valence-electron chi connectivity index (χ1n) is 7.13. The topological polar surface area (TPSA) is 34.9 Å². The number of aryl methyl sites for hydroxylation is 1. The molecule has 1 heterocycles. The molecule has 0 fully saturated rings. The highest BCUT2D eigenvalue weighted by Crippen LogP contribution is 2.21. The van der Waals surface area contributed by atoms with Gasteiger partial charge in [0.25, 0.3) is 5.56 Å². The zero-order valence-corrected chi connectivity index (χ0v) is 13.2. The Morgan fingerprint density at radius 1 is 1.09 bits per heavy atom. The van der Waals surface area contributed by atoms with E-state index in [1.807, 2.05) is 31.2 Å². The van der Waals surface area contributed by atoms with Gasteiger partial charge in [-0.25, -0.2) is 9.07 Å². The fourth-order valence-corrected chi connectivity index (χ4v) is 2.62. The standard InChI is InChI=1S/C18H14ClFN2O/c1-12-5-2-3-6-13(12)17-9-10-18(23)22(21-17)11-14-15(19)7-4-8-16(14)20/h2-10H,11H2,1H3. The Balaban J connectivity index is 2.06. The van der Waals surface area contributed by atoms with E-state index >= 15 is 0 Å². The lowest BCUT2D eigenvalue weighted by molar-refractivity contribution is 0.573. The van der Waals surface area contributed by atoms with Crippen molar-refractivity contribution in [3.8, 4) is 11.3 Å². The number of nitrogens with zero attached hydrogens (tertiary/aromatic N) is 2. The van der Waals surface area contributed by atoms with Crippen LogP contribution in [0.1, 0.15) is 11.1 Å². The number of rotatable bonds is 3. The van der Waals surface area contributed by atoms with Gasteiger partial charge in [0, 0.05) is 22.2 Å². The molecule has 0 spiro atoms. The molecule has 5 heteroatoms. The zero-order chi connectivity index (χ0) is 16.4. The largest absolute Gasteiger partial charge is 0.268 e. The van der Waals surface area contributed by atoms with E-state index in [0.29, 0.717) is 5.69 Å². The normalized spacial score (nSPS) is 10.7. The van der Waals surface area contributed by atoms with Crippen molar-refractivity contribution in [1.29, 1.82) is 0 Å². The first-order valence-corrected chi connectivity index (χ1v) is 7.51. The van der Waals surface area contributed by atoms with Gasteiger partial charge in [-0.1, -0.05) is 41.9 Å². The molecule has 3 nitrogen and oxygen atoms in total. The third kappa shape index (κ3) is 3.17. The molecule has 1 aromatic heterocycles. The summed E-state index contributed by atoms with van der Waals surface area (Å²) < 4.78 is 15.2. The number of benzene rings is 2. The monoisotopic (exact) mass is 328 g/mol. The van der Waals surface area contributed by atoms with Crippen LogP contribution in [0.15, 0.2) is 59.4 Å². The van der Waals surface area contributed by atoms with Crippen LogP contribution >= 0.6 is 11.6 Å². The van der Waals surface area contributed by atoms with E-state index in [4.69, 9.17) is 11.6 Å². The maximum Gasteiger partial charge on any atom is 0.267 e. The van der Waals surface area contributed by atoms with E-state index in [9.17, 15) is 9.18 Å². The minimum absolute atomic E-state index is 0.00986. The number of aromatic nitrogens is 2. The van der Waals surface area contributed by atoms with E-state index in [-0.39, 0.29) is 22.7 Å². The van der Waals surface area contributed by atoms with Crippen LogP contribution in [-0.4, -0.2) is 9.78 Å². The molecule has 3 aromatic rings. The van der Waals surface area contributed by atoms with Crippen molar-refractivity contribution in [1.82, 2.24) is 9.78 Å². The molecule has 0 aliphatic heterocycles. The molecule has 0 saturated carbocycles. The fourth-order valence-electron chi connectivity index (χ4n) is 2.40. The van der Waals surface area contributed by atoms with Crippen molar-refractivity contribution in [2.24, 2.45) is 0 Å². The van der Waals surface area contributed by atoms with Crippen LogP contribution in [0, 0.1) is 12.7 Å². The van der Waals surface area contributed by atoms with Crippen LogP contribution in [0.3, 0.4) is 0 Å². The Morgan fingerprint density at radius 2 is 1.87 bits per heavy atom. The Kier molecular flexibility index (Phi) is 4.26. The predicted octanol–water partition coefficient (Wildman–Crippen LogP) is 4.06. The van der Waals surface area contributed by atoms with E-state index < -0.39 is 5.82 Å². The molecule has 116 valence electrons. The van der Waals surface area contributed by atoms with Crippen molar-refractivity contribution in [3.05, 3.63) is 86.9 Å². The van der Waals surface area contributed by atoms with Gasteiger partial charge in [-0.15, -0.1) is 0 Å². The minimum Gasteiger partial charge on any atom is -0.268 e. The number of hydrogen-bond donors (Lipinski definition) is 0. The minimum atomic E-state index is -0.451. The van der Waals surface area contributed by atoms with Gasteiger partial charge >= 0.3 is 0 Å². The molecule has 0 unspecified atom stereocenters.